The minimum absolute atomic E-state index is 0.0344. The molecule has 7 heteroatoms. The first-order chi connectivity index (χ1) is 13.3. The topological polar surface area (TPSA) is 81.4 Å². The SMILES string of the molecule is O=C(COCc1ccccc1)N1CCCC1c1nc(-c2ccccn2)no1. The highest BCUT2D eigenvalue weighted by Crippen LogP contribution is 2.31. The highest BCUT2D eigenvalue weighted by molar-refractivity contribution is 5.78. The summed E-state index contributed by atoms with van der Waals surface area (Å²) in [6.45, 7) is 1.11. The van der Waals surface area contributed by atoms with Gasteiger partial charge in [0.1, 0.15) is 18.3 Å². The van der Waals surface area contributed by atoms with Gasteiger partial charge in [0, 0.05) is 12.7 Å². The standard InChI is InChI=1S/C20H20N4O3/c25-18(14-26-13-15-7-2-1-3-8-15)24-12-6-10-17(24)20-22-19(23-27-20)16-9-4-5-11-21-16/h1-5,7-9,11,17H,6,10,12-14H2. The van der Waals surface area contributed by atoms with Crippen molar-refractivity contribution in [2.24, 2.45) is 0 Å². The van der Waals surface area contributed by atoms with Gasteiger partial charge in [-0.2, -0.15) is 4.98 Å². The molecular weight excluding hydrogens is 344 g/mol. The first kappa shape index (κ1) is 17.4. The van der Waals surface area contributed by atoms with Gasteiger partial charge in [0.15, 0.2) is 0 Å². The number of benzene rings is 1. The lowest BCUT2D eigenvalue weighted by Gasteiger charge is -2.21. The summed E-state index contributed by atoms with van der Waals surface area (Å²) in [5.74, 6) is 0.820. The molecule has 7 nitrogen and oxygen atoms in total. The fraction of sp³-hybridized carbons (Fsp3) is 0.300. The van der Waals surface area contributed by atoms with E-state index in [-0.39, 0.29) is 18.6 Å². The van der Waals surface area contributed by atoms with Crippen LogP contribution in [0.15, 0.2) is 59.3 Å². The molecule has 0 bridgehead atoms. The molecule has 1 fully saturated rings. The van der Waals surface area contributed by atoms with Gasteiger partial charge < -0.3 is 14.2 Å². The molecule has 0 saturated carbocycles. The zero-order chi connectivity index (χ0) is 18.5. The van der Waals surface area contributed by atoms with E-state index in [0.717, 1.165) is 18.4 Å². The Balaban J connectivity index is 1.38. The molecule has 1 aliphatic heterocycles. The van der Waals surface area contributed by atoms with Gasteiger partial charge >= 0.3 is 0 Å². The van der Waals surface area contributed by atoms with Crippen LogP contribution in [0.3, 0.4) is 0 Å². The lowest BCUT2D eigenvalue weighted by atomic mass is 10.2. The number of pyridine rings is 1. The number of rotatable bonds is 6. The molecule has 138 valence electrons. The van der Waals surface area contributed by atoms with Crippen LogP contribution in [0, 0.1) is 0 Å². The van der Waals surface area contributed by atoms with E-state index >= 15 is 0 Å². The van der Waals surface area contributed by atoms with Gasteiger partial charge in [-0.05, 0) is 30.5 Å². The monoisotopic (exact) mass is 364 g/mol. The van der Waals surface area contributed by atoms with Gasteiger partial charge in [0.2, 0.25) is 17.6 Å². The Morgan fingerprint density at radius 2 is 2.04 bits per heavy atom. The molecule has 4 rings (SSSR count). The summed E-state index contributed by atoms with van der Waals surface area (Å²) in [4.78, 5) is 23.0. The Bertz CT molecular complexity index is 883. The molecule has 0 N–H and O–H groups in total. The number of carbonyl (C=O) groups excluding carboxylic acids is 1. The van der Waals surface area contributed by atoms with Gasteiger partial charge in [-0.1, -0.05) is 41.6 Å². The minimum atomic E-state index is -0.206. The second-order valence-electron chi connectivity index (χ2n) is 6.39. The van der Waals surface area contributed by atoms with Gasteiger partial charge in [-0.25, -0.2) is 0 Å². The van der Waals surface area contributed by atoms with Crippen LogP contribution in [0.5, 0.6) is 0 Å². The molecule has 0 radical (unpaired) electrons. The van der Waals surface area contributed by atoms with E-state index < -0.39 is 0 Å². The third-order valence-electron chi connectivity index (χ3n) is 4.53. The molecule has 1 unspecified atom stereocenters. The summed E-state index contributed by atoms with van der Waals surface area (Å²) >= 11 is 0. The number of hydrogen-bond acceptors (Lipinski definition) is 6. The molecule has 3 aromatic rings. The predicted octanol–water partition coefficient (Wildman–Crippen LogP) is 3.01. The summed E-state index contributed by atoms with van der Waals surface area (Å²) in [7, 11) is 0. The lowest BCUT2D eigenvalue weighted by Crippen LogP contribution is -2.33. The van der Waals surface area contributed by atoms with Crippen LogP contribution in [-0.2, 0) is 16.1 Å². The van der Waals surface area contributed by atoms with E-state index in [0.29, 0.717) is 30.6 Å². The summed E-state index contributed by atoms with van der Waals surface area (Å²) < 4.78 is 11.0. The van der Waals surface area contributed by atoms with E-state index in [4.69, 9.17) is 9.26 Å². The number of ether oxygens (including phenoxy) is 1. The van der Waals surface area contributed by atoms with Crippen molar-refractivity contribution < 1.29 is 14.1 Å². The van der Waals surface area contributed by atoms with Crippen molar-refractivity contribution >= 4 is 5.91 Å². The third-order valence-corrected chi connectivity index (χ3v) is 4.53. The van der Waals surface area contributed by atoms with Gasteiger partial charge in [0.05, 0.1) is 6.61 Å². The summed E-state index contributed by atoms with van der Waals surface area (Å²) in [5, 5.41) is 4.01. The number of aromatic nitrogens is 3. The van der Waals surface area contributed by atoms with Crippen molar-refractivity contribution in [1.82, 2.24) is 20.0 Å². The normalized spacial score (nSPS) is 16.6. The predicted molar refractivity (Wildman–Crippen MR) is 97.3 cm³/mol. The van der Waals surface area contributed by atoms with Crippen LogP contribution < -0.4 is 0 Å². The Kier molecular flexibility index (Phi) is 5.20. The van der Waals surface area contributed by atoms with Crippen molar-refractivity contribution in [3.8, 4) is 11.5 Å². The molecule has 3 heterocycles. The second kappa shape index (κ2) is 8.09. The minimum Gasteiger partial charge on any atom is -0.367 e. The van der Waals surface area contributed by atoms with Crippen LogP contribution >= 0.6 is 0 Å². The maximum atomic E-state index is 12.6. The number of nitrogens with zero attached hydrogens (tertiary/aromatic N) is 4. The Labute approximate surface area is 157 Å². The van der Waals surface area contributed by atoms with Gasteiger partial charge in [-0.3, -0.25) is 9.78 Å². The van der Waals surface area contributed by atoms with E-state index in [1.54, 1.807) is 11.1 Å². The number of carbonyl (C=O) groups is 1. The molecular formula is C20H20N4O3. The maximum absolute atomic E-state index is 12.6. The molecule has 1 aromatic carbocycles. The summed E-state index contributed by atoms with van der Waals surface area (Å²) in [5.41, 5.74) is 1.69. The van der Waals surface area contributed by atoms with Crippen LogP contribution in [0.1, 0.15) is 30.3 Å². The summed E-state index contributed by atoms with van der Waals surface area (Å²) in [6, 6.07) is 15.1. The molecule has 0 aliphatic carbocycles. The van der Waals surface area contributed by atoms with Crippen molar-refractivity contribution in [1.29, 1.82) is 0 Å². The van der Waals surface area contributed by atoms with Crippen LogP contribution in [-0.4, -0.2) is 39.1 Å². The third kappa shape index (κ3) is 4.03. The van der Waals surface area contributed by atoms with Crippen LogP contribution in [0.25, 0.3) is 11.5 Å². The van der Waals surface area contributed by atoms with E-state index in [9.17, 15) is 4.79 Å². The smallest absolute Gasteiger partial charge is 0.249 e. The van der Waals surface area contributed by atoms with Gasteiger partial charge in [0.25, 0.3) is 0 Å². The fourth-order valence-electron chi connectivity index (χ4n) is 3.20. The molecule has 1 atom stereocenters. The first-order valence-corrected chi connectivity index (χ1v) is 8.97. The van der Waals surface area contributed by atoms with Crippen molar-refractivity contribution in [3.63, 3.8) is 0 Å². The zero-order valence-electron chi connectivity index (χ0n) is 14.8. The van der Waals surface area contributed by atoms with Crippen molar-refractivity contribution in [3.05, 3.63) is 66.2 Å². The first-order valence-electron chi connectivity index (χ1n) is 8.97. The molecule has 1 aliphatic rings. The molecule has 1 amide bonds. The lowest BCUT2D eigenvalue weighted by molar-refractivity contribution is -0.138. The Hall–Kier alpha value is -3.06. The van der Waals surface area contributed by atoms with Crippen molar-refractivity contribution in [2.75, 3.05) is 13.2 Å². The zero-order valence-corrected chi connectivity index (χ0v) is 14.8. The maximum Gasteiger partial charge on any atom is 0.249 e. The van der Waals surface area contributed by atoms with Crippen molar-refractivity contribution in [2.45, 2.75) is 25.5 Å². The van der Waals surface area contributed by atoms with Crippen LogP contribution in [0.4, 0.5) is 0 Å². The van der Waals surface area contributed by atoms with Gasteiger partial charge in [-0.15, -0.1) is 0 Å². The van der Waals surface area contributed by atoms with E-state index in [1.807, 2.05) is 48.5 Å². The highest BCUT2D eigenvalue weighted by atomic mass is 16.5. The quantitative estimate of drug-likeness (QED) is 0.669. The largest absolute Gasteiger partial charge is 0.367 e. The molecule has 0 spiro atoms. The number of likely N-dealkylation sites (tertiary alicyclic amines) is 1. The summed E-state index contributed by atoms with van der Waals surface area (Å²) in [6.07, 6.45) is 3.38. The fourth-order valence-corrected chi connectivity index (χ4v) is 3.20. The number of hydrogen-bond donors (Lipinski definition) is 0. The highest BCUT2D eigenvalue weighted by Gasteiger charge is 2.34. The average Bonchev–Trinajstić information content (AvgIpc) is 3.39. The Morgan fingerprint density at radius 1 is 1.19 bits per heavy atom. The Morgan fingerprint density at radius 3 is 2.85 bits per heavy atom. The molecule has 2 aromatic heterocycles. The number of amides is 1. The van der Waals surface area contributed by atoms with E-state index in [2.05, 4.69) is 15.1 Å². The molecule has 27 heavy (non-hydrogen) atoms. The average molecular weight is 364 g/mol. The second-order valence-corrected chi connectivity index (χ2v) is 6.39. The molecule has 1 saturated heterocycles. The van der Waals surface area contributed by atoms with Crippen LogP contribution in [0.2, 0.25) is 0 Å². The van der Waals surface area contributed by atoms with E-state index in [1.165, 1.54) is 0 Å².